The number of anilines is 2. The summed E-state index contributed by atoms with van der Waals surface area (Å²) in [6.07, 6.45) is 0. The molecular formula is C16H18N2O2. The van der Waals surface area contributed by atoms with Crippen molar-refractivity contribution in [1.82, 2.24) is 0 Å². The fourth-order valence-corrected chi connectivity index (χ4v) is 2.07. The van der Waals surface area contributed by atoms with Crippen LogP contribution in [0.2, 0.25) is 0 Å². The van der Waals surface area contributed by atoms with Crippen molar-refractivity contribution in [1.29, 1.82) is 0 Å². The fourth-order valence-electron chi connectivity index (χ4n) is 2.07. The summed E-state index contributed by atoms with van der Waals surface area (Å²) in [4.78, 5) is 11.5. The summed E-state index contributed by atoms with van der Waals surface area (Å²) in [5.74, 6) is -0.0774. The molecule has 20 heavy (non-hydrogen) atoms. The fraction of sp³-hybridized carbons (Fsp3) is 0.188. The zero-order valence-electron chi connectivity index (χ0n) is 11.3. The number of nitrogen functional groups attached to an aromatic ring is 1. The first kappa shape index (κ1) is 14.1. The average molecular weight is 270 g/mol. The Hall–Kier alpha value is -2.33. The molecule has 0 fully saturated rings. The Balaban J connectivity index is 2.24. The number of nitrogens with two attached hydrogens (primary N) is 1. The molecule has 0 bridgehead atoms. The summed E-state index contributed by atoms with van der Waals surface area (Å²) in [6, 6.07) is 14.6. The molecule has 0 aliphatic carbocycles. The molecular weight excluding hydrogens is 252 g/mol. The van der Waals surface area contributed by atoms with E-state index in [0.29, 0.717) is 11.3 Å². The molecule has 4 N–H and O–H groups in total. The van der Waals surface area contributed by atoms with Crippen molar-refractivity contribution in [3.05, 3.63) is 59.7 Å². The van der Waals surface area contributed by atoms with Gasteiger partial charge >= 0.3 is 0 Å². The van der Waals surface area contributed by atoms with E-state index in [4.69, 9.17) is 5.73 Å². The lowest BCUT2D eigenvalue weighted by molar-refractivity contribution is 0.101. The topological polar surface area (TPSA) is 75.3 Å². The predicted octanol–water partition coefficient (Wildman–Crippen LogP) is 2.62. The van der Waals surface area contributed by atoms with Gasteiger partial charge in [0.1, 0.15) is 0 Å². The largest absolute Gasteiger partial charge is 0.398 e. The van der Waals surface area contributed by atoms with Gasteiger partial charge in [0.15, 0.2) is 5.78 Å². The highest BCUT2D eigenvalue weighted by Gasteiger charge is 2.11. The van der Waals surface area contributed by atoms with Crippen LogP contribution in [-0.4, -0.2) is 17.5 Å². The molecule has 4 heteroatoms. The highest BCUT2D eigenvalue weighted by atomic mass is 16.3. The zero-order valence-corrected chi connectivity index (χ0v) is 11.3. The van der Waals surface area contributed by atoms with Crippen LogP contribution in [0.25, 0.3) is 0 Å². The van der Waals surface area contributed by atoms with E-state index in [-0.39, 0.29) is 18.4 Å². The van der Waals surface area contributed by atoms with Gasteiger partial charge in [0.05, 0.1) is 12.6 Å². The van der Waals surface area contributed by atoms with Crippen molar-refractivity contribution in [2.24, 2.45) is 0 Å². The van der Waals surface area contributed by atoms with Gasteiger partial charge in [-0.2, -0.15) is 0 Å². The summed E-state index contributed by atoms with van der Waals surface area (Å²) in [6.45, 7) is 1.44. The third-order valence-electron chi connectivity index (χ3n) is 3.16. The Kier molecular flexibility index (Phi) is 4.38. The number of carbonyl (C=O) groups is 1. The van der Waals surface area contributed by atoms with Crippen LogP contribution in [0.3, 0.4) is 0 Å². The first-order valence-corrected chi connectivity index (χ1v) is 6.44. The minimum Gasteiger partial charge on any atom is -0.398 e. The molecule has 2 aromatic carbocycles. The first-order chi connectivity index (χ1) is 9.61. The molecule has 0 saturated carbocycles. The number of carbonyl (C=O) groups excluding carboxylic acids is 1. The summed E-state index contributed by atoms with van der Waals surface area (Å²) < 4.78 is 0. The van der Waals surface area contributed by atoms with Gasteiger partial charge in [-0.25, -0.2) is 0 Å². The summed E-state index contributed by atoms with van der Waals surface area (Å²) in [5, 5.41) is 12.7. The summed E-state index contributed by atoms with van der Waals surface area (Å²) in [7, 11) is 0. The molecule has 4 nitrogen and oxygen atoms in total. The lowest BCUT2D eigenvalue weighted by Gasteiger charge is -2.18. The second-order valence-electron chi connectivity index (χ2n) is 4.65. The number of Topliss-reactive ketones (excluding diaryl/α,β-unsaturated/α-hetero) is 1. The molecule has 0 aliphatic rings. The smallest absolute Gasteiger partial charge is 0.161 e. The van der Waals surface area contributed by atoms with E-state index < -0.39 is 0 Å². The van der Waals surface area contributed by atoms with Crippen LogP contribution < -0.4 is 11.1 Å². The van der Waals surface area contributed by atoms with Crippen molar-refractivity contribution in [2.75, 3.05) is 17.7 Å². The van der Waals surface area contributed by atoms with Gasteiger partial charge < -0.3 is 16.2 Å². The van der Waals surface area contributed by atoms with Crippen LogP contribution in [0.1, 0.15) is 28.9 Å². The van der Waals surface area contributed by atoms with Crippen molar-refractivity contribution >= 4 is 17.2 Å². The molecule has 1 unspecified atom stereocenters. The van der Waals surface area contributed by atoms with Crippen molar-refractivity contribution < 1.29 is 9.90 Å². The van der Waals surface area contributed by atoms with E-state index in [1.54, 1.807) is 18.2 Å². The quantitative estimate of drug-likeness (QED) is 0.576. The maximum atomic E-state index is 11.5. The standard InChI is InChI=1S/C16H18N2O2/c1-11(20)14-9-13(7-8-15(14)17)18-16(10-19)12-5-3-2-4-6-12/h2-9,16,18-19H,10,17H2,1H3. The number of aliphatic hydroxyl groups is 1. The first-order valence-electron chi connectivity index (χ1n) is 6.44. The number of rotatable bonds is 5. The SMILES string of the molecule is CC(=O)c1cc(NC(CO)c2ccccc2)ccc1N. The van der Waals surface area contributed by atoms with Gasteiger partial charge in [-0.15, -0.1) is 0 Å². The zero-order chi connectivity index (χ0) is 14.5. The Labute approximate surface area is 118 Å². The molecule has 0 amide bonds. The van der Waals surface area contributed by atoms with Gasteiger partial charge in [0.25, 0.3) is 0 Å². The Morgan fingerprint density at radius 1 is 1.25 bits per heavy atom. The van der Waals surface area contributed by atoms with Crippen molar-refractivity contribution in [3.8, 4) is 0 Å². The number of aliphatic hydroxyl groups excluding tert-OH is 1. The van der Waals surface area contributed by atoms with Crippen LogP contribution in [0.5, 0.6) is 0 Å². The van der Waals surface area contributed by atoms with Crippen molar-refractivity contribution in [3.63, 3.8) is 0 Å². The van der Waals surface area contributed by atoms with E-state index >= 15 is 0 Å². The Morgan fingerprint density at radius 3 is 2.55 bits per heavy atom. The molecule has 0 saturated heterocycles. The Bertz CT molecular complexity index is 597. The lowest BCUT2D eigenvalue weighted by atomic mass is 10.1. The Morgan fingerprint density at radius 2 is 1.95 bits per heavy atom. The minimum absolute atomic E-state index is 0.0379. The van der Waals surface area contributed by atoms with Crippen LogP contribution >= 0.6 is 0 Å². The normalized spacial score (nSPS) is 11.9. The highest BCUT2D eigenvalue weighted by Crippen LogP contribution is 2.23. The minimum atomic E-state index is -0.223. The maximum Gasteiger partial charge on any atom is 0.161 e. The molecule has 2 aromatic rings. The van der Waals surface area contributed by atoms with Crippen LogP contribution in [0.15, 0.2) is 48.5 Å². The lowest BCUT2D eigenvalue weighted by Crippen LogP contribution is -2.15. The predicted molar refractivity (Wildman–Crippen MR) is 80.8 cm³/mol. The molecule has 0 radical (unpaired) electrons. The van der Waals surface area contributed by atoms with E-state index in [1.807, 2.05) is 30.3 Å². The van der Waals surface area contributed by atoms with Crippen LogP contribution in [0.4, 0.5) is 11.4 Å². The molecule has 104 valence electrons. The molecule has 1 atom stereocenters. The molecule has 0 aliphatic heterocycles. The van der Waals surface area contributed by atoms with E-state index in [2.05, 4.69) is 5.32 Å². The molecule has 0 heterocycles. The second-order valence-corrected chi connectivity index (χ2v) is 4.65. The van der Waals surface area contributed by atoms with Gasteiger partial charge in [0.2, 0.25) is 0 Å². The van der Waals surface area contributed by atoms with Gasteiger partial charge in [-0.05, 0) is 30.7 Å². The van der Waals surface area contributed by atoms with E-state index in [0.717, 1.165) is 11.3 Å². The maximum absolute atomic E-state index is 11.5. The highest BCUT2D eigenvalue weighted by molar-refractivity contribution is 6.00. The number of hydrogen-bond acceptors (Lipinski definition) is 4. The van der Waals surface area contributed by atoms with E-state index in [9.17, 15) is 9.90 Å². The number of ketones is 1. The van der Waals surface area contributed by atoms with Crippen molar-refractivity contribution in [2.45, 2.75) is 13.0 Å². The van der Waals surface area contributed by atoms with Crippen LogP contribution in [-0.2, 0) is 0 Å². The number of benzene rings is 2. The molecule has 2 rings (SSSR count). The van der Waals surface area contributed by atoms with Gasteiger partial charge in [-0.3, -0.25) is 4.79 Å². The molecule has 0 spiro atoms. The number of nitrogens with one attached hydrogen (secondary N) is 1. The summed E-state index contributed by atoms with van der Waals surface area (Å²) in [5.41, 5.74) is 8.45. The third-order valence-corrected chi connectivity index (χ3v) is 3.16. The van der Waals surface area contributed by atoms with Gasteiger partial charge in [-0.1, -0.05) is 30.3 Å². The monoisotopic (exact) mass is 270 g/mol. The summed E-state index contributed by atoms with van der Waals surface area (Å²) >= 11 is 0. The average Bonchev–Trinajstić information content (AvgIpc) is 2.47. The van der Waals surface area contributed by atoms with Crippen LogP contribution in [0, 0.1) is 0 Å². The number of hydrogen-bond donors (Lipinski definition) is 3. The third kappa shape index (κ3) is 3.16. The van der Waals surface area contributed by atoms with Gasteiger partial charge in [0, 0.05) is 16.9 Å². The van der Waals surface area contributed by atoms with E-state index in [1.165, 1.54) is 6.92 Å². The second kappa shape index (κ2) is 6.21. The molecule has 0 aromatic heterocycles.